The Morgan fingerprint density at radius 3 is 2.48 bits per heavy atom. The van der Waals surface area contributed by atoms with E-state index in [2.05, 4.69) is 22.1 Å². The van der Waals surface area contributed by atoms with E-state index in [-0.39, 0.29) is 17.6 Å². The maximum Gasteiger partial charge on any atom is 0.272 e. The third kappa shape index (κ3) is 5.53. The number of hydrogen-bond acceptors (Lipinski definition) is 5. The topological polar surface area (TPSA) is 62.2 Å². The Kier molecular flexibility index (Phi) is 6.67. The van der Waals surface area contributed by atoms with Gasteiger partial charge in [-0.2, -0.15) is 0 Å². The zero-order valence-electron chi connectivity index (χ0n) is 19.7. The zero-order chi connectivity index (χ0) is 23.5. The molecule has 0 radical (unpaired) electrons. The second kappa shape index (κ2) is 9.65. The molecule has 0 saturated carbocycles. The summed E-state index contributed by atoms with van der Waals surface area (Å²) >= 11 is 0. The Balaban J connectivity index is 1.53. The van der Waals surface area contributed by atoms with Crippen molar-refractivity contribution in [3.05, 3.63) is 82.2 Å². The van der Waals surface area contributed by atoms with Gasteiger partial charge < -0.3 is 9.80 Å². The monoisotopic (exact) mass is 447 g/mol. The van der Waals surface area contributed by atoms with Gasteiger partial charge in [0.25, 0.3) is 5.91 Å². The van der Waals surface area contributed by atoms with Gasteiger partial charge in [0, 0.05) is 50.2 Å². The van der Waals surface area contributed by atoms with E-state index in [1.54, 1.807) is 6.07 Å². The van der Waals surface area contributed by atoms with Crippen LogP contribution in [0.3, 0.4) is 0 Å². The highest BCUT2D eigenvalue weighted by molar-refractivity contribution is 5.92. The molecular weight excluding hydrogens is 417 g/mol. The summed E-state index contributed by atoms with van der Waals surface area (Å²) < 4.78 is 13.3. The first-order chi connectivity index (χ1) is 15.8. The van der Waals surface area contributed by atoms with Crippen molar-refractivity contribution in [2.24, 2.45) is 0 Å². The highest BCUT2D eigenvalue weighted by atomic mass is 19.1. The summed E-state index contributed by atoms with van der Waals surface area (Å²) in [5.41, 5.74) is 5.38. The van der Waals surface area contributed by atoms with E-state index in [1.807, 2.05) is 49.9 Å². The molecule has 6 nitrogen and oxygen atoms in total. The molecule has 0 N–H and O–H groups in total. The quantitative estimate of drug-likeness (QED) is 0.583. The molecule has 3 aromatic rings. The van der Waals surface area contributed by atoms with Gasteiger partial charge in [-0.15, -0.1) is 0 Å². The number of hydrogen-bond donors (Lipinski definition) is 0. The first-order valence-corrected chi connectivity index (χ1v) is 11.3. The molecule has 7 heteroatoms. The maximum absolute atomic E-state index is 13.3. The van der Waals surface area contributed by atoms with Crippen molar-refractivity contribution < 1.29 is 9.18 Å². The second-order valence-corrected chi connectivity index (χ2v) is 9.02. The van der Waals surface area contributed by atoms with Gasteiger partial charge in [-0.05, 0) is 74.6 Å². The van der Waals surface area contributed by atoms with Gasteiger partial charge in [0.15, 0.2) is 0 Å². The first kappa shape index (κ1) is 22.8. The molecule has 3 heterocycles. The standard InChI is InChI=1S/C26H30FN5O/c1-17-12-20(14-19-7-9-22(27)10-8-19)15-23(28-17)21-6-5-11-32(16-21)25(33)24-13-18(2)29-26(30-24)31(3)4/h7-10,12-13,15,21H,5-6,11,14,16H2,1-4H3/t21-/m0/s1. The number of carbonyl (C=O) groups is 1. The van der Waals surface area contributed by atoms with Gasteiger partial charge in [-0.25, -0.2) is 14.4 Å². The molecule has 4 rings (SSSR count). The fraction of sp³-hybridized carbons (Fsp3) is 0.385. The van der Waals surface area contributed by atoms with Gasteiger partial charge in [0.05, 0.1) is 0 Å². The van der Waals surface area contributed by atoms with Gasteiger partial charge >= 0.3 is 0 Å². The minimum absolute atomic E-state index is 0.0625. The van der Waals surface area contributed by atoms with Crippen molar-refractivity contribution >= 4 is 11.9 Å². The molecular formula is C26H30FN5O. The maximum atomic E-state index is 13.3. The summed E-state index contributed by atoms with van der Waals surface area (Å²) in [6.45, 7) is 5.20. The fourth-order valence-corrected chi connectivity index (χ4v) is 4.34. The number of halogens is 1. The average molecular weight is 448 g/mol. The lowest BCUT2D eigenvalue weighted by Gasteiger charge is -2.32. The zero-order valence-corrected chi connectivity index (χ0v) is 19.7. The first-order valence-electron chi connectivity index (χ1n) is 11.3. The van der Waals surface area contributed by atoms with E-state index in [0.29, 0.717) is 24.7 Å². The number of pyridine rings is 1. The molecule has 2 aromatic heterocycles. The van der Waals surface area contributed by atoms with E-state index in [4.69, 9.17) is 4.98 Å². The molecule has 0 aliphatic carbocycles. The smallest absolute Gasteiger partial charge is 0.272 e. The molecule has 1 fully saturated rings. The van der Waals surface area contributed by atoms with Gasteiger partial charge in [0.1, 0.15) is 11.5 Å². The summed E-state index contributed by atoms with van der Waals surface area (Å²) in [6, 6.07) is 12.6. The van der Waals surface area contributed by atoms with Crippen LogP contribution in [0.2, 0.25) is 0 Å². The summed E-state index contributed by atoms with van der Waals surface area (Å²) in [7, 11) is 3.74. The van der Waals surface area contributed by atoms with Gasteiger partial charge in [-0.3, -0.25) is 9.78 Å². The van der Waals surface area contributed by atoms with Crippen LogP contribution in [0.25, 0.3) is 0 Å². The van der Waals surface area contributed by atoms with E-state index < -0.39 is 0 Å². The number of nitrogens with zero attached hydrogens (tertiary/aromatic N) is 5. The number of rotatable bonds is 5. The number of likely N-dealkylation sites (tertiary alicyclic amines) is 1. The van der Waals surface area contributed by atoms with Crippen molar-refractivity contribution in [1.29, 1.82) is 0 Å². The largest absolute Gasteiger partial charge is 0.347 e. The molecule has 0 bridgehead atoms. The van der Waals surface area contributed by atoms with Crippen LogP contribution in [0.4, 0.5) is 10.3 Å². The predicted octanol–water partition coefficient (Wildman–Crippen LogP) is 4.30. The normalized spacial score (nSPS) is 16.0. The van der Waals surface area contributed by atoms with Crippen LogP contribution in [-0.2, 0) is 6.42 Å². The molecule has 1 atom stereocenters. The number of carbonyl (C=O) groups excluding carboxylic acids is 1. The Morgan fingerprint density at radius 2 is 1.76 bits per heavy atom. The number of benzene rings is 1. The molecule has 1 aliphatic heterocycles. The molecule has 1 amide bonds. The van der Waals surface area contributed by atoms with Crippen LogP contribution in [0.5, 0.6) is 0 Å². The SMILES string of the molecule is Cc1cc(Cc2ccc(F)cc2)cc([C@H]2CCCN(C(=O)c3cc(C)nc(N(C)C)n3)C2)n1. The van der Waals surface area contributed by atoms with Crippen LogP contribution >= 0.6 is 0 Å². The average Bonchev–Trinajstić information content (AvgIpc) is 2.79. The predicted molar refractivity (Wildman–Crippen MR) is 127 cm³/mol. The number of anilines is 1. The molecule has 0 spiro atoms. The second-order valence-electron chi connectivity index (χ2n) is 9.02. The lowest BCUT2D eigenvalue weighted by atomic mass is 9.92. The van der Waals surface area contributed by atoms with Crippen molar-refractivity contribution in [1.82, 2.24) is 19.9 Å². The van der Waals surface area contributed by atoms with Crippen LogP contribution in [-0.4, -0.2) is 52.9 Å². The molecule has 33 heavy (non-hydrogen) atoms. The molecule has 1 aromatic carbocycles. The number of aryl methyl sites for hydroxylation is 2. The molecule has 0 unspecified atom stereocenters. The van der Waals surface area contributed by atoms with E-state index in [0.717, 1.165) is 47.5 Å². The Morgan fingerprint density at radius 1 is 1.03 bits per heavy atom. The third-order valence-electron chi connectivity index (χ3n) is 5.94. The summed E-state index contributed by atoms with van der Waals surface area (Å²) in [4.78, 5) is 30.6. The fourth-order valence-electron chi connectivity index (χ4n) is 4.34. The van der Waals surface area contributed by atoms with Crippen LogP contribution in [0.15, 0.2) is 42.5 Å². The van der Waals surface area contributed by atoms with E-state index in [1.165, 1.54) is 12.1 Å². The van der Waals surface area contributed by atoms with Crippen molar-refractivity contribution in [2.75, 3.05) is 32.1 Å². The number of piperidine rings is 1. The van der Waals surface area contributed by atoms with Crippen LogP contribution in [0.1, 0.15) is 57.5 Å². The highest BCUT2D eigenvalue weighted by Crippen LogP contribution is 2.28. The molecule has 1 aliphatic rings. The Hall–Kier alpha value is -3.35. The van der Waals surface area contributed by atoms with Gasteiger partial charge in [-0.1, -0.05) is 12.1 Å². The number of aromatic nitrogens is 3. The Bertz CT molecular complexity index is 1150. The summed E-state index contributed by atoms with van der Waals surface area (Å²) in [5.74, 6) is 0.421. The highest BCUT2D eigenvalue weighted by Gasteiger charge is 2.28. The summed E-state index contributed by atoms with van der Waals surface area (Å²) in [6.07, 6.45) is 2.63. The van der Waals surface area contributed by atoms with E-state index in [9.17, 15) is 9.18 Å². The van der Waals surface area contributed by atoms with Crippen molar-refractivity contribution in [2.45, 2.75) is 39.0 Å². The van der Waals surface area contributed by atoms with Crippen LogP contribution < -0.4 is 4.90 Å². The van der Waals surface area contributed by atoms with E-state index >= 15 is 0 Å². The lowest BCUT2D eigenvalue weighted by Crippen LogP contribution is -2.40. The van der Waals surface area contributed by atoms with Crippen molar-refractivity contribution in [3.8, 4) is 0 Å². The van der Waals surface area contributed by atoms with Crippen LogP contribution in [0, 0.1) is 19.7 Å². The third-order valence-corrected chi connectivity index (χ3v) is 5.94. The number of amides is 1. The van der Waals surface area contributed by atoms with Crippen molar-refractivity contribution in [3.63, 3.8) is 0 Å². The van der Waals surface area contributed by atoms with Gasteiger partial charge in [0.2, 0.25) is 5.95 Å². The lowest BCUT2D eigenvalue weighted by molar-refractivity contribution is 0.0699. The minimum atomic E-state index is -0.228. The Labute approximate surface area is 194 Å². The minimum Gasteiger partial charge on any atom is -0.347 e. The molecule has 172 valence electrons. The summed E-state index contributed by atoms with van der Waals surface area (Å²) in [5, 5.41) is 0. The molecule has 1 saturated heterocycles.